The zero-order valence-corrected chi connectivity index (χ0v) is 12.1. The van der Waals surface area contributed by atoms with Crippen molar-refractivity contribution >= 4 is 17.3 Å². The molecule has 1 aliphatic heterocycles. The molecule has 1 heterocycles. The average Bonchev–Trinajstić information content (AvgIpc) is 3.00. The van der Waals surface area contributed by atoms with E-state index in [1.165, 1.54) is 13.2 Å². The molecule has 0 saturated carbocycles. The second-order valence-corrected chi connectivity index (χ2v) is 4.71. The van der Waals surface area contributed by atoms with Crippen LogP contribution in [0.15, 0.2) is 12.1 Å². The summed E-state index contributed by atoms with van der Waals surface area (Å²) in [6.45, 7) is 3.41. The number of nitro benzene ring substituents is 1. The number of nitrogens with zero attached hydrogens (tertiary/aromatic N) is 2. The Morgan fingerprint density at radius 2 is 2.05 bits per heavy atom. The van der Waals surface area contributed by atoms with Gasteiger partial charge in [-0.3, -0.25) is 10.1 Å². The van der Waals surface area contributed by atoms with E-state index in [2.05, 4.69) is 0 Å². The third-order valence-corrected chi connectivity index (χ3v) is 3.44. The van der Waals surface area contributed by atoms with Gasteiger partial charge in [-0.05, 0) is 19.8 Å². The minimum absolute atomic E-state index is 0.0778. The Morgan fingerprint density at radius 1 is 1.38 bits per heavy atom. The lowest BCUT2D eigenvalue weighted by Gasteiger charge is -2.19. The molecule has 1 aromatic carbocycles. The van der Waals surface area contributed by atoms with Crippen molar-refractivity contribution in [2.24, 2.45) is 0 Å². The Kier molecular flexibility index (Phi) is 4.62. The molecule has 0 unspecified atom stereocenters. The Balaban J connectivity index is 2.51. The maximum Gasteiger partial charge on any atom is 0.342 e. The van der Waals surface area contributed by atoms with Gasteiger partial charge in [0.1, 0.15) is 17.0 Å². The maximum absolute atomic E-state index is 11.9. The fourth-order valence-electron chi connectivity index (χ4n) is 2.45. The minimum Gasteiger partial charge on any atom is -0.496 e. The second-order valence-electron chi connectivity index (χ2n) is 4.71. The molecule has 1 aliphatic rings. The molecule has 0 atom stereocenters. The van der Waals surface area contributed by atoms with Crippen LogP contribution in [-0.2, 0) is 4.74 Å². The van der Waals surface area contributed by atoms with Crippen molar-refractivity contribution in [3.8, 4) is 5.75 Å². The average molecular weight is 294 g/mol. The molecule has 0 amide bonds. The van der Waals surface area contributed by atoms with Crippen LogP contribution in [0.4, 0.5) is 11.4 Å². The molecular formula is C14H18N2O5. The first-order chi connectivity index (χ1) is 10.1. The highest BCUT2D eigenvalue weighted by molar-refractivity contribution is 5.95. The van der Waals surface area contributed by atoms with Gasteiger partial charge in [0, 0.05) is 25.2 Å². The van der Waals surface area contributed by atoms with E-state index < -0.39 is 10.9 Å². The molecule has 21 heavy (non-hydrogen) atoms. The van der Waals surface area contributed by atoms with Crippen molar-refractivity contribution in [3.63, 3.8) is 0 Å². The van der Waals surface area contributed by atoms with Crippen molar-refractivity contribution < 1.29 is 19.2 Å². The molecule has 0 radical (unpaired) electrons. The van der Waals surface area contributed by atoms with E-state index in [-0.39, 0.29) is 17.9 Å². The number of anilines is 1. The molecule has 0 bridgehead atoms. The summed E-state index contributed by atoms with van der Waals surface area (Å²) in [6, 6.07) is 2.79. The number of nitro groups is 1. The van der Waals surface area contributed by atoms with Gasteiger partial charge in [-0.25, -0.2) is 4.79 Å². The monoisotopic (exact) mass is 294 g/mol. The summed E-state index contributed by atoms with van der Waals surface area (Å²) < 4.78 is 10.1. The smallest absolute Gasteiger partial charge is 0.342 e. The zero-order valence-electron chi connectivity index (χ0n) is 12.1. The highest BCUT2D eigenvalue weighted by Crippen LogP contribution is 2.37. The van der Waals surface area contributed by atoms with E-state index >= 15 is 0 Å². The molecule has 2 rings (SSSR count). The van der Waals surface area contributed by atoms with Crippen molar-refractivity contribution in [1.29, 1.82) is 0 Å². The molecular weight excluding hydrogens is 276 g/mol. The lowest BCUT2D eigenvalue weighted by molar-refractivity contribution is -0.384. The van der Waals surface area contributed by atoms with Crippen LogP contribution in [0, 0.1) is 10.1 Å². The van der Waals surface area contributed by atoms with Gasteiger partial charge < -0.3 is 14.4 Å². The van der Waals surface area contributed by atoms with Gasteiger partial charge in [0.2, 0.25) is 0 Å². The molecule has 0 aliphatic carbocycles. The van der Waals surface area contributed by atoms with Crippen LogP contribution in [0.2, 0.25) is 0 Å². The first-order valence-corrected chi connectivity index (χ1v) is 6.87. The van der Waals surface area contributed by atoms with Crippen molar-refractivity contribution in [2.45, 2.75) is 19.8 Å². The van der Waals surface area contributed by atoms with Crippen LogP contribution < -0.4 is 9.64 Å². The van der Waals surface area contributed by atoms with Gasteiger partial charge in [0.15, 0.2) is 0 Å². The van der Waals surface area contributed by atoms with Gasteiger partial charge in [-0.2, -0.15) is 0 Å². The van der Waals surface area contributed by atoms with Gasteiger partial charge in [-0.1, -0.05) is 0 Å². The number of rotatable bonds is 5. The number of hydrogen-bond donors (Lipinski definition) is 0. The number of esters is 1. The van der Waals surface area contributed by atoms with Crippen LogP contribution in [-0.4, -0.2) is 37.7 Å². The van der Waals surface area contributed by atoms with Crippen molar-refractivity contribution in [3.05, 3.63) is 27.8 Å². The van der Waals surface area contributed by atoms with Gasteiger partial charge in [-0.15, -0.1) is 0 Å². The number of ether oxygens (including phenoxy) is 2. The summed E-state index contributed by atoms with van der Waals surface area (Å²) in [5.41, 5.74) is 0.470. The molecule has 0 spiro atoms. The van der Waals surface area contributed by atoms with E-state index in [1.807, 2.05) is 4.90 Å². The molecule has 1 aromatic rings. The topological polar surface area (TPSA) is 81.9 Å². The van der Waals surface area contributed by atoms with Crippen molar-refractivity contribution in [2.75, 3.05) is 31.7 Å². The van der Waals surface area contributed by atoms with Crippen molar-refractivity contribution in [1.82, 2.24) is 0 Å². The molecule has 0 N–H and O–H groups in total. The lowest BCUT2D eigenvalue weighted by atomic mass is 10.1. The Morgan fingerprint density at radius 3 is 2.57 bits per heavy atom. The first kappa shape index (κ1) is 15.1. The SMILES string of the molecule is CCOC(=O)c1cc([N+](=O)[O-])c(N2CCCC2)cc1OC. The van der Waals surface area contributed by atoms with Crippen LogP contribution in [0.5, 0.6) is 5.75 Å². The number of carbonyl (C=O) groups is 1. The number of benzene rings is 1. The third-order valence-electron chi connectivity index (χ3n) is 3.44. The molecule has 7 heteroatoms. The molecule has 1 fully saturated rings. The van der Waals surface area contributed by atoms with Gasteiger partial charge >= 0.3 is 5.97 Å². The number of methoxy groups -OCH3 is 1. The summed E-state index contributed by atoms with van der Waals surface area (Å²) in [5, 5.41) is 11.3. The largest absolute Gasteiger partial charge is 0.496 e. The first-order valence-electron chi connectivity index (χ1n) is 6.87. The fourth-order valence-corrected chi connectivity index (χ4v) is 2.45. The maximum atomic E-state index is 11.9. The van der Waals surface area contributed by atoms with Gasteiger partial charge in [0.25, 0.3) is 5.69 Å². The van der Waals surface area contributed by atoms with E-state index in [1.54, 1.807) is 13.0 Å². The predicted octanol–water partition coefficient (Wildman–Crippen LogP) is 2.38. The van der Waals surface area contributed by atoms with E-state index in [9.17, 15) is 14.9 Å². The summed E-state index contributed by atoms with van der Waals surface area (Å²) in [4.78, 5) is 24.7. The predicted molar refractivity (Wildman–Crippen MR) is 77.1 cm³/mol. The van der Waals surface area contributed by atoms with Crippen LogP contribution >= 0.6 is 0 Å². The second kappa shape index (κ2) is 6.43. The standard InChI is InChI=1S/C14H18N2O5/c1-3-21-14(17)10-8-12(16(18)19)11(9-13(10)20-2)15-6-4-5-7-15/h8-9H,3-7H2,1-2H3. The van der Waals surface area contributed by atoms with E-state index in [0.717, 1.165) is 25.9 Å². The van der Waals surface area contributed by atoms with E-state index in [4.69, 9.17) is 9.47 Å². The zero-order chi connectivity index (χ0) is 15.4. The summed E-state index contributed by atoms with van der Waals surface area (Å²) >= 11 is 0. The quantitative estimate of drug-likeness (QED) is 0.471. The highest BCUT2D eigenvalue weighted by atomic mass is 16.6. The minimum atomic E-state index is -0.620. The third kappa shape index (κ3) is 3.07. The summed E-state index contributed by atoms with van der Waals surface area (Å²) in [6.07, 6.45) is 2.00. The number of carbonyl (C=O) groups excluding carboxylic acids is 1. The van der Waals surface area contributed by atoms with Gasteiger partial charge in [0.05, 0.1) is 18.6 Å². The fraction of sp³-hybridized carbons (Fsp3) is 0.500. The molecule has 0 aromatic heterocycles. The normalized spacial score (nSPS) is 14.1. The molecule has 7 nitrogen and oxygen atoms in total. The van der Waals surface area contributed by atoms with Crippen LogP contribution in [0.1, 0.15) is 30.1 Å². The number of hydrogen-bond acceptors (Lipinski definition) is 6. The Bertz CT molecular complexity index is 553. The summed E-state index contributed by atoms with van der Waals surface area (Å²) in [7, 11) is 1.43. The van der Waals surface area contributed by atoms with E-state index in [0.29, 0.717) is 11.4 Å². The summed E-state index contributed by atoms with van der Waals surface area (Å²) in [5.74, 6) is -0.327. The van der Waals surface area contributed by atoms with Crippen LogP contribution in [0.3, 0.4) is 0 Å². The Labute approximate surface area is 122 Å². The highest BCUT2D eigenvalue weighted by Gasteiger charge is 2.27. The van der Waals surface area contributed by atoms with Crippen LogP contribution in [0.25, 0.3) is 0 Å². The Hall–Kier alpha value is -2.31. The molecule has 1 saturated heterocycles. The lowest BCUT2D eigenvalue weighted by Crippen LogP contribution is -2.19. The molecule has 114 valence electrons.